The summed E-state index contributed by atoms with van der Waals surface area (Å²) in [7, 11) is 0. The van der Waals surface area contributed by atoms with Gasteiger partial charge in [-0.15, -0.1) is 21.5 Å². The molecule has 0 spiro atoms. The van der Waals surface area contributed by atoms with Crippen molar-refractivity contribution in [1.82, 2.24) is 24.7 Å². The van der Waals surface area contributed by atoms with Crippen LogP contribution in [0.5, 0.6) is 0 Å². The maximum Gasteiger partial charge on any atom is 0.234 e. The van der Waals surface area contributed by atoms with Crippen molar-refractivity contribution in [2.75, 3.05) is 11.1 Å². The van der Waals surface area contributed by atoms with Crippen LogP contribution < -0.4 is 5.32 Å². The van der Waals surface area contributed by atoms with E-state index in [1.165, 1.54) is 22.0 Å². The molecule has 0 saturated heterocycles. The van der Waals surface area contributed by atoms with Crippen molar-refractivity contribution in [1.29, 1.82) is 0 Å². The zero-order valence-electron chi connectivity index (χ0n) is 18.7. The summed E-state index contributed by atoms with van der Waals surface area (Å²) in [6.07, 6.45) is 3.46. The second-order valence-electron chi connectivity index (χ2n) is 7.69. The van der Waals surface area contributed by atoms with E-state index in [2.05, 4.69) is 45.6 Å². The largest absolute Gasteiger partial charge is 0.325 e. The molecule has 9 heteroatoms. The number of thiazole rings is 1. The molecule has 3 heterocycles. The molecule has 0 radical (unpaired) electrons. The molecule has 3 aromatic heterocycles. The fourth-order valence-electron chi connectivity index (χ4n) is 3.57. The number of pyridine rings is 1. The van der Waals surface area contributed by atoms with Gasteiger partial charge >= 0.3 is 0 Å². The number of thioether (sulfide) groups is 1. The Kier molecular flexibility index (Phi) is 6.37. The summed E-state index contributed by atoms with van der Waals surface area (Å²) in [4.78, 5) is 21.3. The van der Waals surface area contributed by atoms with Crippen LogP contribution >= 0.6 is 23.1 Å². The van der Waals surface area contributed by atoms with Gasteiger partial charge in [0.1, 0.15) is 5.01 Å². The van der Waals surface area contributed by atoms with Crippen LogP contribution in [-0.4, -0.2) is 36.4 Å². The number of benzene rings is 2. The smallest absolute Gasteiger partial charge is 0.234 e. The van der Waals surface area contributed by atoms with Gasteiger partial charge in [-0.25, -0.2) is 4.98 Å². The third-order valence-electron chi connectivity index (χ3n) is 5.26. The molecule has 0 bridgehead atoms. The van der Waals surface area contributed by atoms with Gasteiger partial charge in [-0.3, -0.25) is 9.78 Å². The van der Waals surface area contributed by atoms with E-state index in [4.69, 9.17) is 4.98 Å². The minimum atomic E-state index is -0.0932. The third kappa shape index (κ3) is 4.71. The molecular weight excluding hydrogens is 464 g/mol. The number of aryl methyl sites for hydroxylation is 1. The molecule has 7 nitrogen and oxygen atoms in total. The molecule has 5 aromatic rings. The van der Waals surface area contributed by atoms with Gasteiger partial charge in [0.05, 0.1) is 16.0 Å². The van der Waals surface area contributed by atoms with Gasteiger partial charge in [-0.2, -0.15) is 0 Å². The number of rotatable bonds is 7. The highest BCUT2D eigenvalue weighted by Gasteiger charge is 2.15. The molecule has 1 N–H and O–H groups in total. The van der Waals surface area contributed by atoms with Gasteiger partial charge in [-0.05, 0) is 67.9 Å². The van der Waals surface area contributed by atoms with Gasteiger partial charge in [-0.1, -0.05) is 17.8 Å². The summed E-state index contributed by atoms with van der Waals surface area (Å²) in [5.74, 6) is 0.922. The molecule has 170 valence electrons. The predicted molar refractivity (Wildman–Crippen MR) is 138 cm³/mol. The maximum absolute atomic E-state index is 12.6. The van der Waals surface area contributed by atoms with Crippen LogP contribution in [0.3, 0.4) is 0 Å². The summed E-state index contributed by atoms with van der Waals surface area (Å²) in [5, 5.41) is 13.2. The van der Waals surface area contributed by atoms with Gasteiger partial charge < -0.3 is 9.88 Å². The van der Waals surface area contributed by atoms with Gasteiger partial charge in [0.2, 0.25) is 5.91 Å². The molecule has 2 aromatic carbocycles. The summed E-state index contributed by atoms with van der Waals surface area (Å²) in [5.41, 5.74) is 4.96. The first-order valence-corrected chi connectivity index (χ1v) is 12.6. The number of nitrogens with zero attached hydrogens (tertiary/aromatic N) is 5. The van der Waals surface area contributed by atoms with E-state index in [1.807, 2.05) is 47.9 Å². The topological polar surface area (TPSA) is 85.6 Å². The van der Waals surface area contributed by atoms with Crippen molar-refractivity contribution in [2.24, 2.45) is 0 Å². The van der Waals surface area contributed by atoms with Gasteiger partial charge in [0, 0.05) is 35.8 Å². The lowest BCUT2D eigenvalue weighted by Gasteiger charge is -2.08. The average molecular weight is 487 g/mol. The zero-order chi connectivity index (χ0) is 23.5. The van der Waals surface area contributed by atoms with Crippen LogP contribution in [0.2, 0.25) is 0 Å². The highest BCUT2D eigenvalue weighted by Crippen LogP contribution is 2.31. The maximum atomic E-state index is 12.6. The lowest BCUT2D eigenvalue weighted by molar-refractivity contribution is -0.113. The number of fused-ring (bicyclic) bond motifs is 1. The minimum Gasteiger partial charge on any atom is -0.325 e. The Labute approximate surface area is 205 Å². The molecule has 5 rings (SSSR count). The van der Waals surface area contributed by atoms with Crippen LogP contribution in [0.4, 0.5) is 5.69 Å². The first-order valence-electron chi connectivity index (χ1n) is 10.8. The van der Waals surface area contributed by atoms with Crippen molar-refractivity contribution in [3.8, 4) is 22.0 Å². The van der Waals surface area contributed by atoms with Crippen molar-refractivity contribution in [3.63, 3.8) is 0 Å². The van der Waals surface area contributed by atoms with Crippen LogP contribution in [0.1, 0.15) is 12.5 Å². The lowest BCUT2D eigenvalue weighted by atomic mass is 10.2. The quantitative estimate of drug-likeness (QED) is 0.298. The van der Waals surface area contributed by atoms with E-state index in [9.17, 15) is 4.79 Å². The van der Waals surface area contributed by atoms with Crippen molar-refractivity contribution < 1.29 is 4.79 Å². The zero-order valence-corrected chi connectivity index (χ0v) is 20.4. The Morgan fingerprint density at radius 1 is 1.03 bits per heavy atom. The number of anilines is 1. The van der Waals surface area contributed by atoms with E-state index < -0.39 is 0 Å². The van der Waals surface area contributed by atoms with Crippen LogP contribution in [0.25, 0.3) is 32.2 Å². The number of hydrogen-bond donors (Lipinski definition) is 1. The number of hydrogen-bond acceptors (Lipinski definition) is 7. The predicted octanol–water partition coefficient (Wildman–Crippen LogP) is 5.68. The molecule has 0 aliphatic rings. The van der Waals surface area contributed by atoms with E-state index in [0.717, 1.165) is 33.2 Å². The molecule has 0 aliphatic heterocycles. The Morgan fingerprint density at radius 2 is 1.82 bits per heavy atom. The number of aromatic nitrogens is 5. The highest BCUT2D eigenvalue weighted by molar-refractivity contribution is 7.99. The first-order chi connectivity index (χ1) is 16.6. The van der Waals surface area contributed by atoms with E-state index >= 15 is 0 Å². The minimum absolute atomic E-state index is 0.0932. The van der Waals surface area contributed by atoms with Crippen molar-refractivity contribution >= 4 is 44.9 Å². The fraction of sp³-hybridized carbons (Fsp3) is 0.160. The molecule has 0 fully saturated rings. The van der Waals surface area contributed by atoms with Crippen molar-refractivity contribution in [3.05, 3.63) is 72.6 Å². The molecule has 0 unspecified atom stereocenters. The van der Waals surface area contributed by atoms with E-state index in [1.54, 1.807) is 23.7 Å². The number of carbonyl (C=O) groups is 1. The first kappa shape index (κ1) is 22.2. The monoisotopic (exact) mass is 486 g/mol. The van der Waals surface area contributed by atoms with Crippen LogP contribution in [0, 0.1) is 6.92 Å². The molecule has 0 saturated carbocycles. The Morgan fingerprint density at radius 3 is 2.59 bits per heavy atom. The van der Waals surface area contributed by atoms with Crippen LogP contribution in [0.15, 0.2) is 72.1 Å². The Bertz CT molecular complexity index is 1440. The second-order valence-corrected chi connectivity index (χ2v) is 9.66. The van der Waals surface area contributed by atoms with Crippen LogP contribution in [-0.2, 0) is 11.3 Å². The Balaban J connectivity index is 1.22. The summed E-state index contributed by atoms with van der Waals surface area (Å²) in [6, 6.07) is 17.9. The average Bonchev–Trinajstić information content (AvgIpc) is 3.47. The molecular formula is C25H22N6OS2. The molecule has 34 heavy (non-hydrogen) atoms. The second kappa shape index (κ2) is 9.74. The van der Waals surface area contributed by atoms with Gasteiger partial charge in [0.15, 0.2) is 11.0 Å². The standard InChI is InChI=1S/C25H22N6OS2/c1-3-31-23(17-10-12-26-13-11-17)29-30-25(31)33-15-22(32)27-19-7-5-18(6-8-19)24-28-20-9-4-16(2)14-21(20)34-24/h4-14H,3,15H2,1-2H3,(H,27,32). The summed E-state index contributed by atoms with van der Waals surface area (Å²) < 4.78 is 3.18. The number of nitrogens with one attached hydrogen (secondary N) is 1. The third-order valence-corrected chi connectivity index (χ3v) is 7.30. The number of carbonyl (C=O) groups excluding carboxylic acids is 1. The highest BCUT2D eigenvalue weighted by atomic mass is 32.2. The van der Waals surface area contributed by atoms with E-state index in [-0.39, 0.29) is 11.7 Å². The normalized spacial score (nSPS) is 11.1. The van der Waals surface area contributed by atoms with E-state index in [0.29, 0.717) is 11.7 Å². The molecule has 0 atom stereocenters. The SMILES string of the molecule is CCn1c(SCC(=O)Nc2ccc(-c3nc4ccc(C)cc4s3)cc2)nnc1-c1ccncc1. The lowest BCUT2D eigenvalue weighted by Crippen LogP contribution is -2.14. The van der Waals surface area contributed by atoms with Gasteiger partial charge in [0.25, 0.3) is 0 Å². The molecule has 0 aliphatic carbocycles. The molecule has 1 amide bonds. The number of amides is 1. The van der Waals surface area contributed by atoms with Crippen molar-refractivity contribution in [2.45, 2.75) is 25.5 Å². The summed E-state index contributed by atoms with van der Waals surface area (Å²) in [6.45, 7) is 4.83. The summed E-state index contributed by atoms with van der Waals surface area (Å²) >= 11 is 3.04. The Hall–Kier alpha value is -3.56. The fourth-order valence-corrected chi connectivity index (χ4v) is 5.45.